The molecule has 0 fully saturated rings. The van der Waals surface area contributed by atoms with Crippen molar-refractivity contribution in [2.45, 2.75) is 84.1 Å². The van der Waals surface area contributed by atoms with Crippen molar-refractivity contribution < 1.29 is 0 Å². The standard InChI is InChI=1S/C26H37NO/c1-3-5-6-7-8-9-10-11-12-13-14-15-18-23-22-26(28)24-19-16-17-20-25(24)27(23)21-4-2/h4,15-20,22H,2-3,5-14,21H2,1H3/b18-15+. The van der Waals surface area contributed by atoms with Crippen LogP contribution in [0.4, 0.5) is 0 Å². The molecule has 0 aliphatic heterocycles. The zero-order chi connectivity index (χ0) is 20.0. The van der Waals surface area contributed by atoms with Crippen molar-refractivity contribution >= 4 is 17.0 Å². The second-order valence-electron chi connectivity index (χ2n) is 7.72. The Kier molecular flexibility index (Phi) is 10.4. The van der Waals surface area contributed by atoms with Gasteiger partial charge in [-0.15, -0.1) is 6.58 Å². The lowest BCUT2D eigenvalue weighted by molar-refractivity contribution is 0.558. The van der Waals surface area contributed by atoms with Gasteiger partial charge in [-0.25, -0.2) is 0 Å². The fourth-order valence-corrected chi connectivity index (χ4v) is 3.77. The molecular formula is C26H37NO. The van der Waals surface area contributed by atoms with Crippen molar-refractivity contribution in [3.05, 3.63) is 65.0 Å². The first-order chi connectivity index (χ1) is 13.8. The number of pyridine rings is 1. The van der Waals surface area contributed by atoms with Gasteiger partial charge in [0.15, 0.2) is 5.43 Å². The van der Waals surface area contributed by atoms with E-state index in [4.69, 9.17) is 0 Å². The minimum absolute atomic E-state index is 0.0921. The molecule has 0 saturated carbocycles. The van der Waals surface area contributed by atoms with Crippen molar-refractivity contribution in [1.82, 2.24) is 4.57 Å². The molecule has 0 aliphatic carbocycles. The van der Waals surface area contributed by atoms with E-state index >= 15 is 0 Å². The highest BCUT2D eigenvalue weighted by molar-refractivity contribution is 5.80. The van der Waals surface area contributed by atoms with Crippen LogP contribution in [-0.4, -0.2) is 4.57 Å². The molecule has 0 atom stereocenters. The van der Waals surface area contributed by atoms with Crippen LogP contribution in [0.15, 0.2) is 53.9 Å². The van der Waals surface area contributed by atoms with Crippen molar-refractivity contribution in [1.29, 1.82) is 0 Å². The number of rotatable bonds is 14. The minimum atomic E-state index is 0.0921. The summed E-state index contributed by atoms with van der Waals surface area (Å²) in [6, 6.07) is 9.57. The second kappa shape index (κ2) is 13.1. The van der Waals surface area contributed by atoms with Crippen LogP contribution in [0.25, 0.3) is 17.0 Å². The molecule has 152 valence electrons. The van der Waals surface area contributed by atoms with Crippen LogP contribution in [0.2, 0.25) is 0 Å². The van der Waals surface area contributed by atoms with Gasteiger partial charge in [0, 0.05) is 23.7 Å². The summed E-state index contributed by atoms with van der Waals surface area (Å²) in [6.07, 6.45) is 20.9. The molecule has 0 spiro atoms. The Morgan fingerprint density at radius 2 is 1.57 bits per heavy atom. The quantitative estimate of drug-likeness (QED) is 0.246. The van der Waals surface area contributed by atoms with Gasteiger partial charge in [0.1, 0.15) is 0 Å². The van der Waals surface area contributed by atoms with Gasteiger partial charge in [-0.05, 0) is 31.1 Å². The molecule has 2 heteroatoms. The summed E-state index contributed by atoms with van der Waals surface area (Å²) in [5.41, 5.74) is 2.04. The smallest absolute Gasteiger partial charge is 0.190 e. The molecule has 0 unspecified atom stereocenters. The van der Waals surface area contributed by atoms with Crippen LogP contribution in [0.3, 0.4) is 0 Å². The van der Waals surface area contributed by atoms with Crippen LogP contribution in [0.1, 0.15) is 83.2 Å². The second-order valence-corrected chi connectivity index (χ2v) is 7.72. The lowest BCUT2D eigenvalue weighted by Crippen LogP contribution is -2.11. The summed E-state index contributed by atoms with van der Waals surface area (Å²) in [5, 5.41) is 0.774. The average Bonchev–Trinajstić information content (AvgIpc) is 2.71. The number of fused-ring (bicyclic) bond motifs is 1. The lowest BCUT2D eigenvalue weighted by Gasteiger charge is -2.12. The van der Waals surface area contributed by atoms with Crippen LogP contribution in [0, 0.1) is 0 Å². The predicted octanol–water partition coefficient (Wildman–Crippen LogP) is 7.51. The van der Waals surface area contributed by atoms with Crippen LogP contribution in [0.5, 0.6) is 0 Å². The van der Waals surface area contributed by atoms with E-state index in [1.165, 1.54) is 64.2 Å². The third-order valence-electron chi connectivity index (χ3n) is 5.38. The molecule has 28 heavy (non-hydrogen) atoms. The Bertz CT molecular complexity index is 800. The number of unbranched alkanes of at least 4 members (excludes halogenated alkanes) is 10. The van der Waals surface area contributed by atoms with E-state index in [2.05, 4.69) is 30.2 Å². The Labute approximate surface area is 171 Å². The van der Waals surface area contributed by atoms with E-state index in [0.717, 1.165) is 23.0 Å². The summed E-state index contributed by atoms with van der Waals surface area (Å²) in [7, 11) is 0. The molecule has 2 aromatic rings. The van der Waals surface area contributed by atoms with Gasteiger partial charge in [0.05, 0.1) is 5.52 Å². The first-order valence-corrected chi connectivity index (χ1v) is 11.2. The van der Waals surface area contributed by atoms with Gasteiger partial charge in [-0.2, -0.15) is 0 Å². The Hall–Kier alpha value is -2.09. The molecule has 0 aliphatic rings. The van der Waals surface area contributed by atoms with Gasteiger partial charge < -0.3 is 4.57 Å². The summed E-state index contributed by atoms with van der Waals surface area (Å²) in [4.78, 5) is 12.4. The maximum Gasteiger partial charge on any atom is 0.190 e. The molecule has 1 aromatic heterocycles. The van der Waals surface area contributed by atoms with Gasteiger partial charge in [-0.1, -0.05) is 89.0 Å². The number of hydrogen-bond donors (Lipinski definition) is 0. The maximum absolute atomic E-state index is 12.4. The summed E-state index contributed by atoms with van der Waals surface area (Å²) >= 11 is 0. The Morgan fingerprint density at radius 3 is 2.25 bits per heavy atom. The van der Waals surface area contributed by atoms with Gasteiger partial charge in [-0.3, -0.25) is 4.79 Å². The van der Waals surface area contributed by atoms with E-state index in [1.54, 1.807) is 6.07 Å². The van der Waals surface area contributed by atoms with Crippen molar-refractivity contribution in [2.24, 2.45) is 0 Å². The van der Waals surface area contributed by atoms with Crippen LogP contribution in [-0.2, 0) is 6.54 Å². The molecule has 0 radical (unpaired) electrons. The lowest BCUT2D eigenvalue weighted by atomic mass is 10.1. The third-order valence-corrected chi connectivity index (χ3v) is 5.38. The monoisotopic (exact) mass is 379 g/mol. The predicted molar refractivity (Wildman–Crippen MR) is 124 cm³/mol. The summed E-state index contributed by atoms with van der Waals surface area (Å²) in [6.45, 7) is 6.85. The van der Waals surface area contributed by atoms with E-state index in [9.17, 15) is 4.79 Å². The molecule has 1 aromatic carbocycles. The number of para-hydroxylation sites is 1. The first kappa shape index (κ1) is 22.2. The normalized spacial score (nSPS) is 11.5. The van der Waals surface area contributed by atoms with E-state index < -0.39 is 0 Å². The molecule has 1 heterocycles. The molecule has 2 rings (SSSR count). The zero-order valence-corrected chi connectivity index (χ0v) is 17.7. The zero-order valence-electron chi connectivity index (χ0n) is 17.7. The highest BCUT2D eigenvalue weighted by atomic mass is 16.1. The van der Waals surface area contributed by atoms with E-state index in [0.29, 0.717) is 6.54 Å². The molecule has 0 saturated heterocycles. The van der Waals surface area contributed by atoms with Crippen molar-refractivity contribution in [3.63, 3.8) is 0 Å². The fourth-order valence-electron chi connectivity index (χ4n) is 3.77. The fraction of sp³-hybridized carbons (Fsp3) is 0.500. The molecule has 0 amide bonds. The highest BCUT2D eigenvalue weighted by Crippen LogP contribution is 2.16. The SMILES string of the molecule is C=CCn1c(/C=C/CCCCCCCCCCCC)cc(=O)c2ccccc21. The van der Waals surface area contributed by atoms with Gasteiger partial charge in [0.2, 0.25) is 0 Å². The van der Waals surface area contributed by atoms with Crippen molar-refractivity contribution in [3.8, 4) is 0 Å². The van der Waals surface area contributed by atoms with E-state index in [1.807, 2.05) is 30.3 Å². The average molecular weight is 380 g/mol. The Balaban J connectivity index is 1.78. The number of hydrogen-bond acceptors (Lipinski definition) is 1. The van der Waals surface area contributed by atoms with Gasteiger partial charge >= 0.3 is 0 Å². The number of nitrogens with zero attached hydrogens (tertiary/aromatic N) is 1. The molecule has 0 bridgehead atoms. The Morgan fingerprint density at radius 1 is 0.929 bits per heavy atom. The largest absolute Gasteiger partial charge is 0.337 e. The molecular weight excluding hydrogens is 342 g/mol. The maximum atomic E-state index is 12.4. The van der Waals surface area contributed by atoms with Crippen LogP contribution < -0.4 is 5.43 Å². The molecule has 2 nitrogen and oxygen atoms in total. The third kappa shape index (κ3) is 7.14. The number of allylic oxidation sites excluding steroid dienone is 2. The van der Waals surface area contributed by atoms with Crippen LogP contribution >= 0.6 is 0 Å². The molecule has 0 N–H and O–H groups in total. The van der Waals surface area contributed by atoms with Gasteiger partial charge in [0.25, 0.3) is 0 Å². The minimum Gasteiger partial charge on any atom is -0.337 e. The number of aromatic nitrogens is 1. The highest BCUT2D eigenvalue weighted by Gasteiger charge is 2.05. The summed E-state index contributed by atoms with van der Waals surface area (Å²) < 4.78 is 2.17. The van der Waals surface area contributed by atoms with E-state index in [-0.39, 0.29) is 5.43 Å². The van der Waals surface area contributed by atoms with Crippen molar-refractivity contribution in [2.75, 3.05) is 0 Å². The number of benzene rings is 1. The topological polar surface area (TPSA) is 22.0 Å². The summed E-state index contributed by atoms with van der Waals surface area (Å²) in [5.74, 6) is 0. The first-order valence-electron chi connectivity index (χ1n) is 11.2.